The lowest BCUT2D eigenvalue weighted by Crippen LogP contribution is -2.25. The summed E-state index contributed by atoms with van der Waals surface area (Å²) >= 11 is 0. The first-order valence-electron chi connectivity index (χ1n) is 3.52. The van der Waals surface area contributed by atoms with Gasteiger partial charge in [0.1, 0.15) is 5.84 Å². The average Bonchev–Trinajstić information content (AvgIpc) is 2.46. The number of carbonyl (C=O) groups excluding carboxylic acids is 2. The van der Waals surface area contributed by atoms with Gasteiger partial charge < -0.3 is 0 Å². The van der Waals surface area contributed by atoms with Gasteiger partial charge in [0.15, 0.2) is 23.7 Å². The van der Waals surface area contributed by atoms with Gasteiger partial charge in [-0.05, 0) is 6.92 Å². The first-order valence-corrected chi connectivity index (χ1v) is 3.52. The van der Waals surface area contributed by atoms with E-state index in [0.29, 0.717) is 12.1 Å². The van der Waals surface area contributed by atoms with E-state index in [0.717, 1.165) is 0 Å². The second-order valence-corrected chi connectivity index (χ2v) is 2.45. The Bertz CT molecular complexity index is 428. The summed E-state index contributed by atoms with van der Waals surface area (Å²) in [5.41, 5.74) is 0.114. The standard InChI is InChI=1S/C7H4N4O2/c1-3-8-5-6(9-3)10-4(2-12)11-7(5)13/h2H,1H3. The number of hydrogen-bond acceptors (Lipinski definition) is 5. The molecule has 6 heteroatoms. The number of carbonyl (C=O) groups is 2. The number of hydrogen-bond donors (Lipinski definition) is 0. The van der Waals surface area contributed by atoms with Gasteiger partial charge in [-0.2, -0.15) is 4.99 Å². The second kappa shape index (κ2) is 2.51. The summed E-state index contributed by atoms with van der Waals surface area (Å²) in [5, 5.41) is 0. The zero-order valence-electron chi connectivity index (χ0n) is 6.68. The summed E-state index contributed by atoms with van der Waals surface area (Å²) in [6, 6.07) is 0. The van der Waals surface area contributed by atoms with Crippen LogP contribution in [0.1, 0.15) is 6.92 Å². The molecule has 0 saturated carbocycles. The third kappa shape index (κ3) is 1.12. The van der Waals surface area contributed by atoms with E-state index in [9.17, 15) is 9.59 Å². The van der Waals surface area contributed by atoms with E-state index in [1.165, 1.54) is 0 Å². The van der Waals surface area contributed by atoms with Crippen LogP contribution in [-0.4, -0.2) is 35.4 Å². The molecular weight excluding hydrogens is 172 g/mol. The lowest BCUT2D eigenvalue weighted by Gasteiger charge is -2.00. The van der Waals surface area contributed by atoms with E-state index >= 15 is 0 Å². The van der Waals surface area contributed by atoms with E-state index in [1.54, 1.807) is 6.92 Å². The molecule has 0 aromatic heterocycles. The molecule has 1 amide bonds. The van der Waals surface area contributed by atoms with Crippen LogP contribution in [0.2, 0.25) is 0 Å². The number of amides is 1. The number of aldehydes is 1. The van der Waals surface area contributed by atoms with Crippen molar-refractivity contribution in [2.75, 3.05) is 0 Å². The molecule has 0 atom stereocenters. The van der Waals surface area contributed by atoms with Gasteiger partial charge >= 0.3 is 5.91 Å². The van der Waals surface area contributed by atoms with Crippen LogP contribution in [-0.2, 0) is 9.59 Å². The molecule has 0 N–H and O–H groups in total. The Balaban J connectivity index is 2.52. The number of rotatable bonds is 1. The Labute approximate surface area is 72.8 Å². The number of fused-ring (bicyclic) bond motifs is 1. The Morgan fingerprint density at radius 2 is 1.92 bits per heavy atom. The fourth-order valence-corrected chi connectivity index (χ4v) is 1.01. The largest absolute Gasteiger partial charge is 0.301 e. The minimum Gasteiger partial charge on any atom is -0.294 e. The van der Waals surface area contributed by atoms with Crippen molar-refractivity contribution in [3.05, 3.63) is 0 Å². The zero-order chi connectivity index (χ0) is 9.42. The monoisotopic (exact) mass is 176 g/mol. The Morgan fingerprint density at radius 3 is 2.62 bits per heavy atom. The van der Waals surface area contributed by atoms with Crippen LogP contribution in [0.25, 0.3) is 0 Å². The smallest absolute Gasteiger partial charge is 0.294 e. The minimum absolute atomic E-state index is 0.114. The predicted octanol–water partition coefficient (Wildman–Crippen LogP) is -0.605. The molecule has 0 radical (unpaired) electrons. The van der Waals surface area contributed by atoms with E-state index < -0.39 is 5.91 Å². The van der Waals surface area contributed by atoms with Crippen molar-refractivity contribution >= 4 is 35.4 Å². The molecule has 0 saturated heterocycles. The number of nitrogens with zero attached hydrogens (tertiary/aromatic N) is 4. The molecule has 0 bridgehead atoms. The van der Waals surface area contributed by atoms with Crippen LogP contribution < -0.4 is 0 Å². The third-order valence-corrected chi connectivity index (χ3v) is 1.50. The highest BCUT2D eigenvalue weighted by Gasteiger charge is 2.27. The van der Waals surface area contributed by atoms with E-state index in [-0.39, 0.29) is 17.4 Å². The summed E-state index contributed by atoms with van der Waals surface area (Å²) in [4.78, 5) is 36.3. The highest BCUT2D eigenvalue weighted by molar-refractivity contribution is 6.73. The molecule has 64 valence electrons. The minimum atomic E-state index is -0.562. The van der Waals surface area contributed by atoms with Crippen LogP contribution in [0.3, 0.4) is 0 Å². The maximum atomic E-state index is 11.2. The van der Waals surface area contributed by atoms with Crippen LogP contribution >= 0.6 is 0 Å². The van der Waals surface area contributed by atoms with Crippen molar-refractivity contribution in [2.45, 2.75) is 6.92 Å². The Hall–Kier alpha value is -1.98. The molecule has 2 aliphatic heterocycles. The SMILES string of the molecule is CC1=NC2=NC(C=O)=NC(=O)C2=N1. The normalized spacial score (nSPS) is 19.9. The molecule has 0 spiro atoms. The zero-order valence-corrected chi connectivity index (χ0v) is 6.68. The maximum Gasteiger partial charge on any atom is 0.301 e. The molecule has 0 unspecified atom stereocenters. The Morgan fingerprint density at radius 1 is 1.15 bits per heavy atom. The maximum absolute atomic E-state index is 11.2. The first-order chi connectivity index (χ1) is 6.20. The van der Waals surface area contributed by atoms with E-state index in [2.05, 4.69) is 20.0 Å². The van der Waals surface area contributed by atoms with Crippen molar-refractivity contribution < 1.29 is 9.59 Å². The van der Waals surface area contributed by atoms with Crippen LogP contribution in [0, 0.1) is 0 Å². The van der Waals surface area contributed by atoms with Crippen LogP contribution in [0.5, 0.6) is 0 Å². The molecular formula is C7H4N4O2. The van der Waals surface area contributed by atoms with Gasteiger partial charge in [0.05, 0.1) is 0 Å². The summed E-state index contributed by atoms with van der Waals surface area (Å²) in [5.74, 6) is -0.0888. The quantitative estimate of drug-likeness (QED) is 0.499. The van der Waals surface area contributed by atoms with E-state index in [4.69, 9.17) is 0 Å². The van der Waals surface area contributed by atoms with Gasteiger partial charge in [-0.3, -0.25) is 9.59 Å². The van der Waals surface area contributed by atoms with Gasteiger partial charge in [0.2, 0.25) is 0 Å². The summed E-state index contributed by atoms with van der Waals surface area (Å²) in [6.07, 6.45) is 0.408. The first kappa shape index (κ1) is 7.66. The van der Waals surface area contributed by atoms with Gasteiger partial charge in [0.25, 0.3) is 0 Å². The van der Waals surface area contributed by atoms with Gasteiger partial charge in [-0.15, -0.1) is 0 Å². The lowest BCUT2D eigenvalue weighted by atomic mass is 10.3. The second-order valence-electron chi connectivity index (χ2n) is 2.45. The average molecular weight is 176 g/mol. The van der Waals surface area contributed by atoms with Crippen molar-refractivity contribution in [3.8, 4) is 0 Å². The summed E-state index contributed by atoms with van der Waals surface area (Å²) in [7, 11) is 0. The highest BCUT2D eigenvalue weighted by Crippen LogP contribution is 2.06. The van der Waals surface area contributed by atoms with Crippen molar-refractivity contribution in [3.63, 3.8) is 0 Å². The lowest BCUT2D eigenvalue weighted by molar-refractivity contribution is -0.112. The molecule has 0 fully saturated rings. The fraction of sp³-hybridized carbons (Fsp3) is 0.143. The van der Waals surface area contributed by atoms with Crippen molar-refractivity contribution in [1.82, 2.24) is 0 Å². The Kier molecular flexibility index (Phi) is 1.48. The number of amidine groups is 3. The van der Waals surface area contributed by atoms with E-state index in [1.807, 2.05) is 0 Å². The summed E-state index contributed by atoms with van der Waals surface area (Å²) < 4.78 is 0. The molecule has 0 aliphatic carbocycles. The van der Waals surface area contributed by atoms with Crippen molar-refractivity contribution in [2.24, 2.45) is 20.0 Å². The summed E-state index contributed by atoms with van der Waals surface area (Å²) in [6.45, 7) is 1.64. The fourth-order valence-electron chi connectivity index (χ4n) is 1.01. The topological polar surface area (TPSA) is 83.6 Å². The number of aliphatic imine (C=N–C) groups is 4. The van der Waals surface area contributed by atoms with Gasteiger partial charge in [0, 0.05) is 0 Å². The van der Waals surface area contributed by atoms with Crippen LogP contribution in [0.15, 0.2) is 20.0 Å². The molecule has 2 rings (SSSR count). The molecule has 13 heavy (non-hydrogen) atoms. The van der Waals surface area contributed by atoms with Gasteiger partial charge in [-0.1, -0.05) is 0 Å². The molecule has 0 aromatic rings. The molecule has 6 nitrogen and oxygen atoms in total. The van der Waals surface area contributed by atoms with Crippen LogP contribution in [0.4, 0.5) is 0 Å². The highest BCUT2D eigenvalue weighted by atomic mass is 16.2. The third-order valence-electron chi connectivity index (χ3n) is 1.50. The predicted molar refractivity (Wildman–Crippen MR) is 46.5 cm³/mol. The van der Waals surface area contributed by atoms with Gasteiger partial charge in [-0.25, -0.2) is 15.0 Å². The van der Waals surface area contributed by atoms with Crippen molar-refractivity contribution in [1.29, 1.82) is 0 Å². The molecule has 2 aliphatic rings. The molecule has 0 aromatic carbocycles. The molecule has 2 heterocycles.